The van der Waals surface area contributed by atoms with Crippen LogP contribution in [0.15, 0.2) is 18.2 Å². The van der Waals surface area contributed by atoms with Gasteiger partial charge in [0, 0.05) is 39.2 Å². The SMILES string of the molecule is Cc1ccc(F)c(C(=O)N2CCN(C3(C(N)=O)CCOC3)CC2)c1. The quantitative estimate of drug-likeness (QED) is 0.875. The van der Waals surface area contributed by atoms with Crippen LogP contribution >= 0.6 is 0 Å². The molecule has 3 rings (SSSR count). The Bertz CT molecular complexity index is 650. The van der Waals surface area contributed by atoms with Gasteiger partial charge in [-0.15, -0.1) is 0 Å². The van der Waals surface area contributed by atoms with E-state index >= 15 is 0 Å². The molecule has 1 atom stereocenters. The highest BCUT2D eigenvalue weighted by molar-refractivity contribution is 5.94. The van der Waals surface area contributed by atoms with Crippen LogP contribution in [0.25, 0.3) is 0 Å². The lowest BCUT2D eigenvalue weighted by molar-refractivity contribution is -0.131. The van der Waals surface area contributed by atoms with Gasteiger partial charge in [0.05, 0.1) is 12.2 Å². The van der Waals surface area contributed by atoms with Gasteiger partial charge in [-0.25, -0.2) is 4.39 Å². The number of halogens is 1. The summed E-state index contributed by atoms with van der Waals surface area (Å²) in [7, 11) is 0. The molecule has 130 valence electrons. The van der Waals surface area contributed by atoms with E-state index in [1.807, 2.05) is 11.8 Å². The molecule has 2 heterocycles. The molecule has 2 fully saturated rings. The van der Waals surface area contributed by atoms with Crippen LogP contribution in [-0.4, -0.2) is 66.5 Å². The number of carbonyl (C=O) groups excluding carboxylic acids is 2. The van der Waals surface area contributed by atoms with Crippen LogP contribution in [0.1, 0.15) is 22.3 Å². The number of amides is 2. The summed E-state index contributed by atoms with van der Waals surface area (Å²) in [6.07, 6.45) is 0.572. The Morgan fingerprint density at radius 3 is 2.54 bits per heavy atom. The third-order valence-corrected chi connectivity index (χ3v) is 4.98. The number of piperazine rings is 1. The van der Waals surface area contributed by atoms with Crippen LogP contribution in [0.4, 0.5) is 4.39 Å². The zero-order valence-corrected chi connectivity index (χ0v) is 13.8. The lowest BCUT2D eigenvalue weighted by atomic mass is 9.94. The number of nitrogens with two attached hydrogens (primary N) is 1. The maximum absolute atomic E-state index is 13.9. The standard InChI is InChI=1S/C17H22FN3O3/c1-12-2-3-14(18)13(10-12)15(22)20-5-7-21(8-6-20)17(16(19)23)4-9-24-11-17/h2-3,10H,4-9,11H2,1H3,(H2,19,23). The fourth-order valence-corrected chi connectivity index (χ4v) is 3.46. The number of carbonyl (C=O) groups is 2. The minimum Gasteiger partial charge on any atom is -0.379 e. The van der Waals surface area contributed by atoms with Crippen molar-refractivity contribution >= 4 is 11.8 Å². The molecule has 2 amide bonds. The van der Waals surface area contributed by atoms with Gasteiger partial charge in [0.2, 0.25) is 5.91 Å². The molecule has 0 bridgehead atoms. The molecule has 6 nitrogen and oxygen atoms in total. The van der Waals surface area contributed by atoms with Crippen LogP contribution in [0.5, 0.6) is 0 Å². The Labute approximate surface area is 140 Å². The third kappa shape index (κ3) is 2.89. The molecular formula is C17H22FN3O3. The molecule has 1 aromatic carbocycles. The van der Waals surface area contributed by atoms with Gasteiger partial charge >= 0.3 is 0 Å². The molecule has 2 aliphatic rings. The zero-order valence-electron chi connectivity index (χ0n) is 13.8. The molecule has 2 saturated heterocycles. The third-order valence-electron chi connectivity index (χ3n) is 4.98. The van der Waals surface area contributed by atoms with Crippen LogP contribution in [0, 0.1) is 12.7 Å². The molecule has 0 aromatic heterocycles. The van der Waals surface area contributed by atoms with Crippen LogP contribution in [0.3, 0.4) is 0 Å². The summed E-state index contributed by atoms with van der Waals surface area (Å²) < 4.78 is 19.3. The van der Waals surface area contributed by atoms with Crippen LogP contribution in [0.2, 0.25) is 0 Å². The summed E-state index contributed by atoms with van der Waals surface area (Å²) in [5.41, 5.74) is 5.76. The molecule has 24 heavy (non-hydrogen) atoms. The number of hydrogen-bond acceptors (Lipinski definition) is 4. The highest BCUT2D eigenvalue weighted by Crippen LogP contribution is 2.27. The summed E-state index contributed by atoms with van der Waals surface area (Å²) in [6, 6.07) is 4.53. The summed E-state index contributed by atoms with van der Waals surface area (Å²) in [4.78, 5) is 28.1. The van der Waals surface area contributed by atoms with E-state index < -0.39 is 11.4 Å². The highest BCUT2D eigenvalue weighted by Gasteiger charge is 2.47. The van der Waals surface area contributed by atoms with Crippen molar-refractivity contribution in [1.29, 1.82) is 0 Å². The largest absolute Gasteiger partial charge is 0.379 e. The van der Waals surface area contributed by atoms with Crippen molar-refractivity contribution in [2.24, 2.45) is 5.73 Å². The fraction of sp³-hybridized carbons (Fsp3) is 0.529. The van der Waals surface area contributed by atoms with Crippen molar-refractivity contribution in [3.8, 4) is 0 Å². The van der Waals surface area contributed by atoms with Gasteiger partial charge in [-0.05, 0) is 19.1 Å². The van der Waals surface area contributed by atoms with Crippen molar-refractivity contribution in [3.05, 3.63) is 35.1 Å². The molecule has 2 aliphatic heterocycles. The minimum atomic E-state index is -0.774. The lowest BCUT2D eigenvalue weighted by Gasteiger charge is -2.43. The maximum atomic E-state index is 13.9. The van der Waals surface area contributed by atoms with E-state index in [9.17, 15) is 14.0 Å². The second kappa shape index (κ2) is 6.49. The second-order valence-electron chi connectivity index (χ2n) is 6.46. The first-order valence-corrected chi connectivity index (χ1v) is 8.12. The maximum Gasteiger partial charge on any atom is 0.256 e. The Kier molecular flexibility index (Phi) is 4.56. The summed E-state index contributed by atoms with van der Waals surface area (Å²) >= 11 is 0. The van der Waals surface area contributed by atoms with E-state index in [0.717, 1.165) is 5.56 Å². The minimum absolute atomic E-state index is 0.0947. The molecular weight excluding hydrogens is 313 g/mol. The Morgan fingerprint density at radius 2 is 1.96 bits per heavy atom. The van der Waals surface area contributed by atoms with Crippen LogP contribution in [-0.2, 0) is 9.53 Å². The molecule has 0 saturated carbocycles. The number of primary amides is 1. The topological polar surface area (TPSA) is 75.9 Å². The Balaban J connectivity index is 1.70. The Hall–Kier alpha value is -1.99. The van der Waals surface area contributed by atoms with Crippen molar-refractivity contribution in [3.63, 3.8) is 0 Å². The molecule has 1 unspecified atom stereocenters. The van der Waals surface area contributed by atoms with Gasteiger partial charge in [-0.2, -0.15) is 0 Å². The van der Waals surface area contributed by atoms with E-state index in [1.165, 1.54) is 6.07 Å². The number of aryl methyl sites for hydroxylation is 1. The van der Waals surface area contributed by atoms with Crippen molar-refractivity contribution < 1.29 is 18.7 Å². The number of benzene rings is 1. The molecule has 7 heteroatoms. The predicted octanol–water partition coefficient (Wildman–Crippen LogP) is 0.536. The van der Waals surface area contributed by atoms with E-state index in [1.54, 1.807) is 17.0 Å². The number of nitrogens with zero attached hydrogens (tertiary/aromatic N) is 2. The Morgan fingerprint density at radius 1 is 1.25 bits per heavy atom. The monoisotopic (exact) mass is 335 g/mol. The van der Waals surface area contributed by atoms with Crippen LogP contribution < -0.4 is 5.73 Å². The molecule has 0 aliphatic carbocycles. The van der Waals surface area contributed by atoms with Crippen molar-refractivity contribution in [1.82, 2.24) is 9.80 Å². The van der Waals surface area contributed by atoms with Gasteiger partial charge in [0.1, 0.15) is 11.4 Å². The zero-order chi connectivity index (χ0) is 17.3. The van der Waals surface area contributed by atoms with Gasteiger partial charge in [-0.3, -0.25) is 14.5 Å². The lowest BCUT2D eigenvalue weighted by Crippen LogP contribution is -2.63. The summed E-state index contributed by atoms with van der Waals surface area (Å²) in [5.74, 6) is -1.21. The van der Waals surface area contributed by atoms with E-state index in [2.05, 4.69) is 0 Å². The first kappa shape index (κ1) is 16.9. The van der Waals surface area contributed by atoms with Crippen molar-refractivity contribution in [2.75, 3.05) is 39.4 Å². The van der Waals surface area contributed by atoms with Gasteiger partial charge in [-0.1, -0.05) is 11.6 Å². The van der Waals surface area contributed by atoms with Gasteiger partial charge < -0.3 is 15.4 Å². The fourth-order valence-electron chi connectivity index (χ4n) is 3.46. The molecule has 2 N–H and O–H groups in total. The van der Waals surface area contributed by atoms with Gasteiger partial charge in [0.15, 0.2) is 0 Å². The van der Waals surface area contributed by atoms with E-state index in [0.29, 0.717) is 45.8 Å². The highest BCUT2D eigenvalue weighted by atomic mass is 19.1. The first-order valence-electron chi connectivity index (χ1n) is 8.12. The normalized spacial score (nSPS) is 25.0. The number of hydrogen-bond donors (Lipinski definition) is 1. The number of rotatable bonds is 3. The number of ether oxygens (including phenoxy) is 1. The van der Waals surface area contributed by atoms with E-state index in [-0.39, 0.29) is 17.4 Å². The molecule has 0 radical (unpaired) electrons. The molecule has 0 spiro atoms. The first-order chi connectivity index (χ1) is 11.4. The average molecular weight is 335 g/mol. The summed E-state index contributed by atoms with van der Waals surface area (Å²) in [5, 5.41) is 0. The second-order valence-corrected chi connectivity index (χ2v) is 6.46. The average Bonchev–Trinajstić information content (AvgIpc) is 3.08. The summed E-state index contributed by atoms with van der Waals surface area (Å²) in [6.45, 7) is 4.53. The predicted molar refractivity (Wildman–Crippen MR) is 86.0 cm³/mol. The van der Waals surface area contributed by atoms with Gasteiger partial charge in [0.25, 0.3) is 5.91 Å². The van der Waals surface area contributed by atoms with E-state index in [4.69, 9.17) is 10.5 Å². The van der Waals surface area contributed by atoms with Crippen molar-refractivity contribution in [2.45, 2.75) is 18.9 Å². The smallest absolute Gasteiger partial charge is 0.256 e. The molecule has 1 aromatic rings.